The molecule has 25 heavy (non-hydrogen) atoms. The summed E-state index contributed by atoms with van der Waals surface area (Å²) in [5.74, 6) is -1.15. The van der Waals surface area contributed by atoms with Gasteiger partial charge in [-0.05, 0) is 28.8 Å². The number of anilines is 1. The second kappa shape index (κ2) is 5.58. The van der Waals surface area contributed by atoms with E-state index in [2.05, 4.69) is 25.9 Å². The number of fused-ring (bicyclic) bond motifs is 2. The molecule has 2 N–H and O–H groups in total. The van der Waals surface area contributed by atoms with Gasteiger partial charge in [0.1, 0.15) is 15.9 Å². The molecule has 2 saturated heterocycles. The lowest BCUT2D eigenvalue weighted by Gasteiger charge is -2.37. The number of rotatable bonds is 1. The van der Waals surface area contributed by atoms with E-state index in [1.54, 1.807) is 16.8 Å². The maximum Gasteiger partial charge on any atom is 0.394 e. The van der Waals surface area contributed by atoms with Gasteiger partial charge in [-0.1, -0.05) is 0 Å². The topological polar surface area (TPSA) is 76.5 Å². The molecule has 0 radical (unpaired) electrons. The monoisotopic (exact) mass is 417 g/mol. The number of amides is 1. The number of imidazole rings is 1. The van der Waals surface area contributed by atoms with Crippen molar-refractivity contribution < 1.29 is 18.0 Å². The van der Waals surface area contributed by atoms with Crippen molar-refractivity contribution in [3.8, 4) is 0 Å². The van der Waals surface area contributed by atoms with Gasteiger partial charge in [0.15, 0.2) is 5.82 Å². The Hall–Kier alpha value is -1.84. The predicted octanol–water partition coefficient (Wildman–Crippen LogP) is 2.73. The van der Waals surface area contributed by atoms with Crippen molar-refractivity contribution in [2.24, 2.45) is 5.92 Å². The summed E-state index contributed by atoms with van der Waals surface area (Å²) >= 11 is 3.36. The minimum absolute atomic E-state index is 0.146. The van der Waals surface area contributed by atoms with Gasteiger partial charge in [-0.25, -0.2) is 9.97 Å². The smallest absolute Gasteiger partial charge is 0.382 e. The van der Waals surface area contributed by atoms with E-state index in [4.69, 9.17) is 5.73 Å². The molecule has 134 valence electrons. The van der Waals surface area contributed by atoms with E-state index in [0.717, 1.165) is 0 Å². The maximum atomic E-state index is 13.2. The van der Waals surface area contributed by atoms with Gasteiger partial charge in [0, 0.05) is 37.3 Å². The maximum absolute atomic E-state index is 13.2. The second-order valence-electron chi connectivity index (χ2n) is 6.53. The molecule has 2 aliphatic heterocycles. The molecule has 2 aromatic rings. The number of alkyl halides is 3. The molecule has 0 aliphatic carbocycles. The van der Waals surface area contributed by atoms with Gasteiger partial charge in [-0.2, -0.15) is 13.2 Å². The quantitative estimate of drug-likeness (QED) is 0.773. The van der Waals surface area contributed by atoms with Crippen LogP contribution >= 0.6 is 15.9 Å². The molecule has 10 heteroatoms. The molecule has 3 atom stereocenters. The largest absolute Gasteiger partial charge is 0.394 e. The molecule has 2 aliphatic rings. The fourth-order valence-electron chi connectivity index (χ4n) is 4.01. The lowest BCUT2D eigenvalue weighted by Crippen LogP contribution is -2.45. The number of halogens is 4. The van der Waals surface area contributed by atoms with Crippen LogP contribution in [-0.2, 0) is 4.79 Å². The molecule has 4 rings (SSSR count). The van der Waals surface area contributed by atoms with Crippen LogP contribution < -0.4 is 5.73 Å². The van der Waals surface area contributed by atoms with Crippen LogP contribution in [0.2, 0.25) is 0 Å². The van der Waals surface area contributed by atoms with Crippen molar-refractivity contribution in [1.82, 2.24) is 19.3 Å². The molecule has 4 heterocycles. The molecule has 0 saturated carbocycles. The highest BCUT2D eigenvalue weighted by molar-refractivity contribution is 9.10. The van der Waals surface area contributed by atoms with Gasteiger partial charge in [0.05, 0.1) is 5.92 Å². The van der Waals surface area contributed by atoms with Crippen molar-refractivity contribution >= 4 is 33.2 Å². The SMILES string of the molecule is Nc1nccn2c([C@@H]3CC[C@H]4C(C(F)(F)F)CC(=O)N4C3)nc(Br)c12. The zero-order valence-corrected chi connectivity index (χ0v) is 14.6. The summed E-state index contributed by atoms with van der Waals surface area (Å²) < 4.78 is 41.8. The van der Waals surface area contributed by atoms with Gasteiger partial charge >= 0.3 is 6.18 Å². The molecule has 2 fully saturated rings. The van der Waals surface area contributed by atoms with Crippen LogP contribution in [0.15, 0.2) is 17.0 Å². The Morgan fingerprint density at radius 2 is 2.08 bits per heavy atom. The van der Waals surface area contributed by atoms with Crippen molar-refractivity contribution in [1.29, 1.82) is 0 Å². The molecular weight excluding hydrogens is 403 g/mol. The first-order valence-corrected chi connectivity index (χ1v) is 8.70. The Labute approximate surface area is 149 Å². The highest BCUT2D eigenvalue weighted by Gasteiger charge is 2.55. The van der Waals surface area contributed by atoms with Crippen molar-refractivity contribution in [2.75, 3.05) is 12.3 Å². The Morgan fingerprint density at radius 1 is 1.32 bits per heavy atom. The minimum atomic E-state index is -4.34. The average Bonchev–Trinajstić information content (AvgIpc) is 3.06. The normalized spacial score (nSPS) is 27.1. The molecule has 0 bridgehead atoms. The molecule has 0 aromatic carbocycles. The van der Waals surface area contributed by atoms with Crippen molar-refractivity contribution in [2.45, 2.75) is 37.4 Å². The first-order chi connectivity index (χ1) is 11.8. The molecule has 1 amide bonds. The molecule has 0 spiro atoms. The number of aromatic nitrogens is 3. The second-order valence-corrected chi connectivity index (χ2v) is 7.28. The van der Waals surface area contributed by atoms with E-state index < -0.39 is 30.5 Å². The highest BCUT2D eigenvalue weighted by Crippen LogP contribution is 2.45. The van der Waals surface area contributed by atoms with Crippen molar-refractivity contribution in [3.05, 3.63) is 22.8 Å². The number of hydrogen-bond donors (Lipinski definition) is 1. The predicted molar refractivity (Wildman–Crippen MR) is 86.7 cm³/mol. The zero-order valence-electron chi connectivity index (χ0n) is 13.0. The standard InChI is InChI=1S/C15H15BrF3N5O/c16-12-11-13(20)21-3-4-23(11)14(22-12)7-1-2-9-8(15(17,18)19)5-10(25)24(9)6-7/h3-4,7-9H,1-2,5-6H2,(H2,20,21)/t7-,8?,9+/m1/s1. The number of carbonyl (C=O) groups is 1. The minimum Gasteiger partial charge on any atom is -0.382 e. The van der Waals surface area contributed by atoms with Gasteiger partial charge in [-0.15, -0.1) is 0 Å². The summed E-state index contributed by atoms with van der Waals surface area (Å²) in [6, 6.07) is -0.759. The molecule has 2 aromatic heterocycles. The molecule has 6 nitrogen and oxygen atoms in total. The van der Waals surface area contributed by atoms with Gasteiger partial charge in [-0.3, -0.25) is 9.20 Å². The molecule has 1 unspecified atom stereocenters. The van der Waals surface area contributed by atoms with Crippen molar-refractivity contribution in [3.63, 3.8) is 0 Å². The van der Waals surface area contributed by atoms with E-state index in [-0.39, 0.29) is 12.5 Å². The van der Waals surface area contributed by atoms with Crippen LogP contribution in [0.5, 0.6) is 0 Å². The fraction of sp³-hybridized carbons (Fsp3) is 0.533. The van der Waals surface area contributed by atoms with E-state index in [1.807, 2.05) is 0 Å². The van der Waals surface area contributed by atoms with Gasteiger partial charge < -0.3 is 10.6 Å². The van der Waals surface area contributed by atoms with E-state index >= 15 is 0 Å². The summed E-state index contributed by atoms with van der Waals surface area (Å²) in [5.41, 5.74) is 6.51. The van der Waals surface area contributed by atoms with Crippen LogP contribution in [-0.4, -0.2) is 43.9 Å². The Bertz CT molecular complexity index is 852. The van der Waals surface area contributed by atoms with Gasteiger partial charge in [0.25, 0.3) is 0 Å². The average molecular weight is 418 g/mol. The molecular formula is C15H15BrF3N5O. The summed E-state index contributed by atoms with van der Waals surface area (Å²) in [7, 11) is 0. The lowest BCUT2D eigenvalue weighted by atomic mass is 9.87. The number of piperidine rings is 1. The fourth-order valence-corrected chi connectivity index (χ4v) is 4.59. The Kier molecular flexibility index (Phi) is 3.71. The zero-order chi connectivity index (χ0) is 17.9. The van der Waals surface area contributed by atoms with Crippen LogP contribution in [0.3, 0.4) is 0 Å². The number of nitrogens with zero attached hydrogens (tertiary/aromatic N) is 4. The van der Waals surface area contributed by atoms with Crippen LogP contribution in [0.1, 0.15) is 31.0 Å². The highest BCUT2D eigenvalue weighted by atomic mass is 79.9. The van der Waals surface area contributed by atoms with Crippen LogP contribution in [0, 0.1) is 5.92 Å². The Morgan fingerprint density at radius 3 is 2.80 bits per heavy atom. The first kappa shape index (κ1) is 16.6. The van der Waals surface area contributed by atoms with E-state index in [0.29, 0.717) is 34.6 Å². The lowest BCUT2D eigenvalue weighted by molar-refractivity contribution is -0.182. The summed E-state index contributed by atoms with van der Waals surface area (Å²) in [4.78, 5) is 22.0. The first-order valence-electron chi connectivity index (χ1n) is 7.91. The summed E-state index contributed by atoms with van der Waals surface area (Å²) in [6.07, 6.45) is -0.682. The summed E-state index contributed by atoms with van der Waals surface area (Å²) in [6.45, 7) is 0.240. The Balaban J connectivity index is 1.66. The third-order valence-corrected chi connectivity index (χ3v) is 5.71. The number of carbonyl (C=O) groups excluding carboxylic acids is 1. The van der Waals surface area contributed by atoms with Crippen LogP contribution in [0.25, 0.3) is 5.52 Å². The summed E-state index contributed by atoms with van der Waals surface area (Å²) in [5, 5.41) is 0. The van der Waals surface area contributed by atoms with E-state index in [9.17, 15) is 18.0 Å². The number of nitrogens with two attached hydrogens (primary N) is 1. The number of hydrogen-bond acceptors (Lipinski definition) is 4. The van der Waals surface area contributed by atoms with Crippen LogP contribution in [0.4, 0.5) is 19.0 Å². The number of nitrogen functional groups attached to an aromatic ring is 1. The third-order valence-electron chi connectivity index (χ3n) is 5.16. The van der Waals surface area contributed by atoms with E-state index in [1.165, 1.54) is 4.90 Å². The third kappa shape index (κ3) is 2.57. The van der Waals surface area contributed by atoms with Gasteiger partial charge in [0.2, 0.25) is 5.91 Å².